The van der Waals surface area contributed by atoms with Crippen molar-refractivity contribution in [1.29, 1.82) is 0 Å². The average molecular weight is 317 g/mol. The van der Waals surface area contributed by atoms with Gasteiger partial charge in [-0.25, -0.2) is 8.78 Å². The van der Waals surface area contributed by atoms with Gasteiger partial charge < -0.3 is 9.64 Å². The van der Waals surface area contributed by atoms with E-state index in [1.807, 2.05) is 25.1 Å². The third-order valence-electron chi connectivity index (χ3n) is 3.98. The largest absolute Gasteiger partial charge is 0.481 e. The Labute approximate surface area is 133 Å². The maximum Gasteiger partial charge on any atom is 0.268 e. The van der Waals surface area contributed by atoms with Crippen molar-refractivity contribution >= 4 is 11.6 Å². The summed E-state index contributed by atoms with van der Waals surface area (Å²) in [5, 5.41) is 0. The number of rotatable bonds is 3. The quantitative estimate of drug-likeness (QED) is 0.864. The lowest BCUT2D eigenvalue weighted by Gasteiger charge is -2.26. The van der Waals surface area contributed by atoms with Crippen molar-refractivity contribution in [1.82, 2.24) is 0 Å². The van der Waals surface area contributed by atoms with E-state index in [4.69, 9.17) is 4.74 Å². The van der Waals surface area contributed by atoms with Crippen LogP contribution in [0.5, 0.6) is 5.75 Å². The van der Waals surface area contributed by atoms with Gasteiger partial charge in [-0.15, -0.1) is 0 Å². The monoisotopic (exact) mass is 317 g/mol. The van der Waals surface area contributed by atoms with Gasteiger partial charge in [0.05, 0.1) is 5.69 Å². The van der Waals surface area contributed by atoms with Crippen LogP contribution in [0.4, 0.5) is 14.5 Å². The first-order valence-electron chi connectivity index (χ1n) is 7.50. The summed E-state index contributed by atoms with van der Waals surface area (Å²) in [6.07, 6.45) is -0.227. The molecule has 0 radical (unpaired) electrons. The van der Waals surface area contributed by atoms with E-state index in [9.17, 15) is 13.6 Å². The number of benzene rings is 2. The fourth-order valence-electron chi connectivity index (χ4n) is 2.90. The molecule has 1 amide bonds. The van der Waals surface area contributed by atoms with Crippen LogP contribution in [0.2, 0.25) is 0 Å². The lowest BCUT2D eigenvalue weighted by atomic mass is 10.1. The summed E-state index contributed by atoms with van der Waals surface area (Å²) in [6, 6.07) is 11.1. The summed E-state index contributed by atoms with van der Waals surface area (Å²) in [7, 11) is 0. The van der Waals surface area contributed by atoms with Crippen molar-refractivity contribution in [2.75, 3.05) is 4.90 Å². The van der Waals surface area contributed by atoms with Crippen LogP contribution >= 0.6 is 0 Å². The van der Waals surface area contributed by atoms with E-state index in [2.05, 4.69) is 0 Å². The SMILES string of the molecule is CC(Oc1ccccc1)C(=O)N1c2cc(F)c(F)cc2CC1C. The van der Waals surface area contributed by atoms with E-state index in [-0.39, 0.29) is 11.9 Å². The summed E-state index contributed by atoms with van der Waals surface area (Å²) in [6.45, 7) is 3.50. The highest BCUT2D eigenvalue weighted by atomic mass is 19.2. The molecule has 1 aliphatic rings. The normalized spacial score (nSPS) is 17.7. The molecule has 0 spiro atoms. The number of hydrogen-bond acceptors (Lipinski definition) is 2. The van der Waals surface area contributed by atoms with Gasteiger partial charge in [-0.1, -0.05) is 18.2 Å². The minimum absolute atomic E-state index is 0.166. The van der Waals surface area contributed by atoms with Gasteiger partial charge in [0.15, 0.2) is 17.7 Å². The maximum absolute atomic E-state index is 13.5. The number of anilines is 1. The number of ether oxygens (including phenoxy) is 1. The zero-order valence-electron chi connectivity index (χ0n) is 12.9. The molecule has 0 N–H and O–H groups in total. The van der Waals surface area contributed by atoms with Gasteiger partial charge in [0, 0.05) is 12.1 Å². The van der Waals surface area contributed by atoms with Gasteiger partial charge in [0.2, 0.25) is 0 Å². The average Bonchev–Trinajstić information content (AvgIpc) is 2.83. The summed E-state index contributed by atoms with van der Waals surface area (Å²) < 4.78 is 32.6. The van der Waals surface area contributed by atoms with Crippen molar-refractivity contribution in [3.05, 3.63) is 59.7 Å². The molecule has 0 bridgehead atoms. The lowest BCUT2D eigenvalue weighted by Crippen LogP contribution is -2.43. The highest BCUT2D eigenvalue weighted by molar-refractivity contribution is 5.99. The highest BCUT2D eigenvalue weighted by Crippen LogP contribution is 2.34. The topological polar surface area (TPSA) is 29.5 Å². The third-order valence-corrected chi connectivity index (χ3v) is 3.98. The lowest BCUT2D eigenvalue weighted by molar-refractivity contribution is -0.124. The number of amides is 1. The van der Waals surface area contributed by atoms with E-state index in [1.54, 1.807) is 19.1 Å². The number of fused-ring (bicyclic) bond motifs is 1. The summed E-state index contributed by atoms with van der Waals surface area (Å²) in [5.74, 6) is -1.53. The van der Waals surface area contributed by atoms with Gasteiger partial charge >= 0.3 is 0 Å². The Kier molecular flexibility index (Phi) is 4.03. The van der Waals surface area contributed by atoms with Crippen molar-refractivity contribution in [3.63, 3.8) is 0 Å². The van der Waals surface area contributed by atoms with E-state index >= 15 is 0 Å². The number of carbonyl (C=O) groups is 1. The van der Waals surface area contributed by atoms with Crippen LogP contribution in [0.3, 0.4) is 0 Å². The number of hydrogen-bond donors (Lipinski definition) is 0. The number of carbonyl (C=O) groups excluding carboxylic acids is 1. The summed E-state index contributed by atoms with van der Waals surface area (Å²) in [4.78, 5) is 14.2. The molecule has 0 aliphatic carbocycles. The van der Waals surface area contributed by atoms with Crippen molar-refractivity contribution in [2.24, 2.45) is 0 Å². The Hall–Kier alpha value is -2.43. The minimum atomic E-state index is -0.952. The van der Waals surface area contributed by atoms with E-state index in [0.717, 1.165) is 12.1 Å². The number of para-hydroxylation sites is 1. The van der Waals surface area contributed by atoms with Gasteiger partial charge in [-0.2, -0.15) is 0 Å². The first-order chi connectivity index (χ1) is 11.0. The smallest absolute Gasteiger partial charge is 0.268 e. The summed E-state index contributed by atoms with van der Waals surface area (Å²) >= 11 is 0. The van der Waals surface area contributed by atoms with Crippen molar-refractivity contribution < 1.29 is 18.3 Å². The van der Waals surface area contributed by atoms with Crippen LogP contribution in [-0.4, -0.2) is 18.1 Å². The Bertz CT molecular complexity index is 733. The van der Waals surface area contributed by atoms with Crippen LogP contribution in [0.1, 0.15) is 19.4 Å². The zero-order chi connectivity index (χ0) is 16.6. The van der Waals surface area contributed by atoms with Gasteiger partial charge in [-0.3, -0.25) is 4.79 Å². The highest BCUT2D eigenvalue weighted by Gasteiger charge is 2.35. The molecule has 120 valence electrons. The van der Waals surface area contributed by atoms with Gasteiger partial charge in [-0.05, 0) is 44.0 Å². The Balaban J connectivity index is 1.84. The first kappa shape index (κ1) is 15.5. The van der Waals surface area contributed by atoms with Gasteiger partial charge in [0.25, 0.3) is 5.91 Å². The molecule has 2 unspecified atom stereocenters. The molecule has 0 saturated carbocycles. The molecular formula is C18H17F2NO2. The van der Waals surface area contributed by atoms with Crippen LogP contribution in [0, 0.1) is 11.6 Å². The third kappa shape index (κ3) is 2.91. The molecule has 2 aromatic rings. The Morgan fingerprint density at radius 2 is 1.87 bits per heavy atom. The summed E-state index contributed by atoms with van der Waals surface area (Å²) in [5.41, 5.74) is 1.06. The molecule has 1 heterocycles. The molecule has 0 saturated heterocycles. The van der Waals surface area contributed by atoms with E-state index < -0.39 is 17.7 Å². The predicted octanol–water partition coefficient (Wildman–Crippen LogP) is 3.71. The zero-order valence-corrected chi connectivity index (χ0v) is 12.9. The molecule has 0 fully saturated rings. The molecule has 1 aliphatic heterocycles. The van der Waals surface area contributed by atoms with Crippen LogP contribution in [-0.2, 0) is 11.2 Å². The van der Waals surface area contributed by atoms with Crippen LogP contribution < -0.4 is 9.64 Å². The number of halogens is 2. The van der Waals surface area contributed by atoms with E-state index in [0.29, 0.717) is 23.4 Å². The fourth-order valence-corrected chi connectivity index (χ4v) is 2.90. The van der Waals surface area contributed by atoms with Crippen molar-refractivity contribution in [2.45, 2.75) is 32.4 Å². The molecule has 2 atom stereocenters. The molecule has 2 aromatic carbocycles. The van der Waals surface area contributed by atoms with E-state index in [1.165, 1.54) is 4.90 Å². The second-order valence-corrected chi connectivity index (χ2v) is 5.73. The molecule has 3 rings (SSSR count). The van der Waals surface area contributed by atoms with Crippen LogP contribution in [0.25, 0.3) is 0 Å². The van der Waals surface area contributed by atoms with Gasteiger partial charge in [0.1, 0.15) is 5.75 Å². The standard InChI is InChI=1S/C18H17F2NO2/c1-11-8-13-9-15(19)16(20)10-17(13)21(11)18(22)12(2)23-14-6-4-3-5-7-14/h3-7,9-12H,8H2,1-2H3. The Morgan fingerprint density at radius 1 is 1.22 bits per heavy atom. The second-order valence-electron chi connectivity index (χ2n) is 5.73. The maximum atomic E-state index is 13.5. The molecule has 0 aromatic heterocycles. The first-order valence-corrected chi connectivity index (χ1v) is 7.50. The molecule has 5 heteroatoms. The van der Waals surface area contributed by atoms with Crippen molar-refractivity contribution in [3.8, 4) is 5.75 Å². The Morgan fingerprint density at radius 3 is 2.57 bits per heavy atom. The predicted molar refractivity (Wildman–Crippen MR) is 83.5 cm³/mol. The molecule has 3 nitrogen and oxygen atoms in total. The second kappa shape index (κ2) is 5.99. The fraction of sp³-hybridized carbons (Fsp3) is 0.278. The molecule has 23 heavy (non-hydrogen) atoms. The minimum Gasteiger partial charge on any atom is -0.481 e. The number of nitrogens with zero attached hydrogens (tertiary/aromatic N) is 1. The van der Waals surface area contributed by atoms with Crippen LogP contribution in [0.15, 0.2) is 42.5 Å². The molecular weight excluding hydrogens is 300 g/mol.